The van der Waals surface area contributed by atoms with Gasteiger partial charge in [-0.2, -0.15) is 0 Å². The van der Waals surface area contributed by atoms with Gasteiger partial charge in [-0.1, -0.05) is 18.2 Å². The largest absolute Gasteiger partial charge is 0.494 e. The maximum atomic E-state index is 12.1. The van der Waals surface area contributed by atoms with Crippen molar-refractivity contribution >= 4 is 35.0 Å². The molecule has 0 unspecified atom stereocenters. The van der Waals surface area contributed by atoms with Crippen LogP contribution in [-0.4, -0.2) is 36.0 Å². The van der Waals surface area contributed by atoms with E-state index in [2.05, 4.69) is 28.3 Å². The van der Waals surface area contributed by atoms with E-state index >= 15 is 0 Å². The first-order chi connectivity index (χ1) is 13.6. The molecule has 8 heteroatoms. The number of hydrazine groups is 1. The summed E-state index contributed by atoms with van der Waals surface area (Å²) in [6.07, 6.45) is -0.679. The van der Waals surface area contributed by atoms with Crippen molar-refractivity contribution in [1.82, 2.24) is 16.2 Å². The smallest absolute Gasteiger partial charge is 0.279 e. The van der Waals surface area contributed by atoms with Crippen molar-refractivity contribution < 1.29 is 14.3 Å². The summed E-state index contributed by atoms with van der Waals surface area (Å²) in [6, 6.07) is 17.3. The Hall–Kier alpha value is -2.45. The quantitative estimate of drug-likeness (QED) is 0.250. The van der Waals surface area contributed by atoms with Gasteiger partial charge in [0, 0.05) is 17.2 Å². The normalized spacial score (nSPS) is 11.2. The molecule has 0 aliphatic rings. The average Bonchev–Trinajstić information content (AvgIpc) is 2.71. The zero-order valence-electron chi connectivity index (χ0n) is 15.9. The minimum absolute atomic E-state index is 0.323. The van der Waals surface area contributed by atoms with Gasteiger partial charge in [0.25, 0.3) is 5.91 Å². The van der Waals surface area contributed by atoms with E-state index in [1.54, 1.807) is 43.0 Å². The molecule has 1 amide bonds. The molecule has 28 heavy (non-hydrogen) atoms. The van der Waals surface area contributed by atoms with Crippen molar-refractivity contribution in [2.75, 3.05) is 18.9 Å². The number of rotatable bonds is 9. The van der Waals surface area contributed by atoms with Crippen molar-refractivity contribution in [2.45, 2.75) is 24.8 Å². The third-order valence-electron chi connectivity index (χ3n) is 3.52. The van der Waals surface area contributed by atoms with Crippen LogP contribution in [0.3, 0.4) is 0 Å². The van der Waals surface area contributed by atoms with Gasteiger partial charge in [-0.25, -0.2) is 0 Å². The van der Waals surface area contributed by atoms with Crippen LogP contribution in [-0.2, 0) is 4.79 Å². The van der Waals surface area contributed by atoms with E-state index in [1.165, 1.54) is 4.90 Å². The molecule has 0 aliphatic carbocycles. The van der Waals surface area contributed by atoms with Gasteiger partial charge in [-0.3, -0.25) is 15.6 Å². The molecule has 2 rings (SSSR count). The summed E-state index contributed by atoms with van der Waals surface area (Å²) in [4.78, 5) is 13.3. The molecule has 0 aromatic heterocycles. The predicted molar refractivity (Wildman–Crippen MR) is 117 cm³/mol. The molecule has 2 aromatic carbocycles. The van der Waals surface area contributed by atoms with Crippen LogP contribution in [0.5, 0.6) is 11.5 Å². The van der Waals surface area contributed by atoms with Crippen LogP contribution >= 0.6 is 24.0 Å². The summed E-state index contributed by atoms with van der Waals surface area (Å²) in [5.74, 6) is 1.88. The monoisotopic (exact) mass is 419 g/mol. The van der Waals surface area contributed by atoms with Gasteiger partial charge in [0.2, 0.25) is 0 Å². The van der Waals surface area contributed by atoms with Crippen molar-refractivity contribution in [2.24, 2.45) is 0 Å². The Morgan fingerprint density at radius 1 is 1.07 bits per heavy atom. The van der Waals surface area contributed by atoms with Crippen molar-refractivity contribution in [1.29, 1.82) is 0 Å². The Bertz CT molecular complexity index is 742. The minimum Gasteiger partial charge on any atom is -0.494 e. The number of carbonyl (C=O) groups excluding carboxylic acids is 1. The number of thioether (sulfide) groups is 1. The molecule has 3 N–H and O–H groups in total. The van der Waals surface area contributed by atoms with E-state index in [0.29, 0.717) is 24.0 Å². The minimum atomic E-state index is -0.679. The highest BCUT2D eigenvalue weighted by Gasteiger charge is 2.14. The Morgan fingerprint density at radius 3 is 2.43 bits per heavy atom. The number of ether oxygens (including phenoxy) is 2. The number of carbonyl (C=O) groups is 1. The first-order valence-corrected chi connectivity index (χ1v) is 10.4. The summed E-state index contributed by atoms with van der Waals surface area (Å²) in [6.45, 7) is 4.87. The molecule has 1 atom stereocenters. The number of hydrogen-bond acceptors (Lipinski definition) is 5. The molecule has 6 nitrogen and oxygen atoms in total. The standard InChI is InChI=1S/C20H25N3O3S2/c1-3-25-16-9-11-17(12-10-16)26-15(2)19(24)22-23-20(27)21-13-14-28-18-7-5-4-6-8-18/h4-12,15H,3,13-14H2,1-2H3,(H,22,24)(H2,21,23,27)/t15-/m0/s1. The summed E-state index contributed by atoms with van der Waals surface area (Å²) in [5, 5.41) is 3.40. The van der Waals surface area contributed by atoms with Gasteiger partial charge in [-0.15, -0.1) is 11.8 Å². The number of thiocarbonyl (C=S) groups is 1. The SMILES string of the molecule is CCOc1ccc(O[C@@H](C)C(=O)NNC(=S)NCCSc2ccccc2)cc1. The average molecular weight is 420 g/mol. The zero-order chi connectivity index (χ0) is 20.2. The Labute approximate surface area is 175 Å². The van der Waals surface area contributed by atoms with Crippen LogP contribution in [0.15, 0.2) is 59.5 Å². The lowest BCUT2D eigenvalue weighted by atomic mass is 10.3. The van der Waals surface area contributed by atoms with Crippen molar-refractivity contribution in [3.63, 3.8) is 0 Å². The lowest BCUT2D eigenvalue weighted by molar-refractivity contribution is -0.127. The molecule has 0 radical (unpaired) electrons. The molecule has 0 heterocycles. The van der Waals surface area contributed by atoms with E-state index in [9.17, 15) is 4.79 Å². The van der Waals surface area contributed by atoms with Gasteiger partial charge in [0.15, 0.2) is 11.2 Å². The highest BCUT2D eigenvalue weighted by atomic mass is 32.2. The first kappa shape index (κ1) is 21.8. The Morgan fingerprint density at radius 2 is 1.75 bits per heavy atom. The summed E-state index contributed by atoms with van der Waals surface area (Å²) in [7, 11) is 0. The van der Waals surface area contributed by atoms with Gasteiger partial charge in [0.05, 0.1) is 6.61 Å². The maximum absolute atomic E-state index is 12.1. The number of nitrogens with one attached hydrogen (secondary N) is 3. The highest BCUT2D eigenvalue weighted by molar-refractivity contribution is 7.99. The Kier molecular flexibility index (Phi) is 9.44. The molecule has 0 saturated heterocycles. The van der Waals surface area contributed by atoms with E-state index in [0.717, 1.165) is 11.5 Å². The summed E-state index contributed by atoms with van der Waals surface area (Å²) >= 11 is 6.89. The molecular formula is C20H25N3O3S2. The number of hydrogen-bond donors (Lipinski definition) is 3. The fraction of sp³-hybridized carbons (Fsp3) is 0.300. The van der Waals surface area contributed by atoms with Gasteiger partial charge in [-0.05, 0) is 62.5 Å². The van der Waals surface area contributed by atoms with Gasteiger partial charge in [0.1, 0.15) is 11.5 Å². The molecular weight excluding hydrogens is 394 g/mol. The third kappa shape index (κ3) is 8.06. The fourth-order valence-corrected chi connectivity index (χ4v) is 3.10. The van der Waals surface area contributed by atoms with Crippen molar-refractivity contribution in [3.05, 3.63) is 54.6 Å². The predicted octanol–water partition coefficient (Wildman–Crippen LogP) is 3.14. The topological polar surface area (TPSA) is 71.6 Å². The molecule has 0 bridgehead atoms. The fourth-order valence-electron chi connectivity index (χ4n) is 2.15. The second-order valence-electron chi connectivity index (χ2n) is 5.70. The van der Waals surface area contributed by atoms with Crippen LogP contribution in [0.2, 0.25) is 0 Å². The summed E-state index contributed by atoms with van der Waals surface area (Å²) < 4.78 is 11.0. The van der Waals surface area contributed by atoms with Gasteiger partial charge >= 0.3 is 0 Å². The second kappa shape index (κ2) is 12.1. The summed E-state index contributed by atoms with van der Waals surface area (Å²) in [5.41, 5.74) is 5.23. The Balaban J connectivity index is 1.62. The maximum Gasteiger partial charge on any atom is 0.279 e. The van der Waals surface area contributed by atoms with Crippen LogP contribution in [0.4, 0.5) is 0 Å². The van der Waals surface area contributed by atoms with E-state index in [4.69, 9.17) is 21.7 Å². The third-order valence-corrected chi connectivity index (χ3v) is 4.78. The van der Waals surface area contributed by atoms with Gasteiger partial charge < -0.3 is 14.8 Å². The highest BCUT2D eigenvalue weighted by Crippen LogP contribution is 2.18. The van der Waals surface area contributed by atoms with E-state index < -0.39 is 6.10 Å². The molecule has 0 aliphatic heterocycles. The zero-order valence-corrected chi connectivity index (χ0v) is 17.6. The lowest BCUT2D eigenvalue weighted by Crippen LogP contribution is -2.50. The number of amides is 1. The molecule has 2 aromatic rings. The van der Waals surface area contributed by atoms with Crippen LogP contribution in [0.25, 0.3) is 0 Å². The molecule has 0 fully saturated rings. The van der Waals surface area contributed by atoms with E-state index in [1.807, 2.05) is 25.1 Å². The van der Waals surface area contributed by atoms with E-state index in [-0.39, 0.29) is 5.91 Å². The lowest BCUT2D eigenvalue weighted by Gasteiger charge is -2.16. The molecule has 0 saturated carbocycles. The van der Waals surface area contributed by atoms with Crippen LogP contribution in [0.1, 0.15) is 13.8 Å². The van der Waals surface area contributed by atoms with Crippen LogP contribution in [0, 0.1) is 0 Å². The second-order valence-corrected chi connectivity index (χ2v) is 7.27. The molecule has 150 valence electrons. The number of benzene rings is 2. The van der Waals surface area contributed by atoms with Crippen LogP contribution < -0.4 is 25.6 Å². The first-order valence-electron chi connectivity index (χ1n) is 8.99. The molecule has 0 spiro atoms. The van der Waals surface area contributed by atoms with Crippen molar-refractivity contribution in [3.8, 4) is 11.5 Å².